The minimum atomic E-state index is 0.359. The lowest BCUT2D eigenvalue weighted by atomic mass is 9.83. The summed E-state index contributed by atoms with van der Waals surface area (Å²) in [6, 6.07) is 4.50. The van der Waals surface area contributed by atoms with Gasteiger partial charge in [0.1, 0.15) is 0 Å². The molecule has 2 nitrogen and oxygen atoms in total. The molecule has 102 valence electrons. The van der Waals surface area contributed by atoms with Crippen molar-refractivity contribution in [3.05, 3.63) is 24.0 Å². The quantitative estimate of drug-likeness (QED) is 0.814. The molecule has 18 heavy (non-hydrogen) atoms. The highest BCUT2D eigenvalue weighted by molar-refractivity contribution is 5.13. The fourth-order valence-electron chi connectivity index (χ4n) is 3.46. The van der Waals surface area contributed by atoms with E-state index in [2.05, 4.69) is 49.0 Å². The van der Waals surface area contributed by atoms with Crippen LogP contribution in [0.15, 0.2) is 18.3 Å². The van der Waals surface area contributed by atoms with Gasteiger partial charge in [-0.2, -0.15) is 0 Å². The van der Waals surface area contributed by atoms with Gasteiger partial charge in [0, 0.05) is 30.4 Å². The molecule has 1 atom stereocenters. The lowest BCUT2D eigenvalue weighted by Crippen LogP contribution is -2.43. The number of hydrogen-bond donors (Lipinski definition) is 1. The Morgan fingerprint density at radius 3 is 2.89 bits per heavy atom. The SMILES string of the molecule is CCCn1cccc1CC1(CC(C)C)CCCN1. The Bertz CT molecular complexity index is 359. The van der Waals surface area contributed by atoms with Gasteiger partial charge in [0.25, 0.3) is 0 Å². The van der Waals surface area contributed by atoms with Crippen molar-refractivity contribution in [2.45, 2.75) is 65.0 Å². The second-order valence-corrected chi connectivity index (χ2v) is 6.28. The molecular weight excluding hydrogens is 220 g/mol. The first-order valence-electron chi connectivity index (χ1n) is 7.54. The summed E-state index contributed by atoms with van der Waals surface area (Å²) in [4.78, 5) is 0. The van der Waals surface area contributed by atoms with Crippen LogP contribution in [0.3, 0.4) is 0 Å². The summed E-state index contributed by atoms with van der Waals surface area (Å²) in [5.41, 5.74) is 1.87. The summed E-state index contributed by atoms with van der Waals surface area (Å²) in [6.07, 6.45) is 8.61. The van der Waals surface area contributed by atoms with Gasteiger partial charge in [0.2, 0.25) is 0 Å². The van der Waals surface area contributed by atoms with E-state index in [0.717, 1.165) is 12.5 Å². The summed E-state index contributed by atoms with van der Waals surface area (Å²) in [5, 5.41) is 3.80. The van der Waals surface area contributed by atoms with E-state index in [-0.39, 0.29) is 0 Å². The number of nitrogens with zero attached hydrogens (tertiary/aromatic N) is 1. The Labute approximate surface area is 112 Å². The van der Waals surface area contributed by atoms with Crippen molar-refractivity contribution in [1.82, 2.24) is 9.88 Å². The lowest BCUT2D eigenvalue weighted by molar-refractivity contribution is 0.296. The fourth-order valence-corrected chi connectivity index (χ4v) is 3.46. The molecule has 1 N–H and O–H groups in total. The first-order valence-corrected chi connectivity index (χ1v) is 7.54. The first-order chi connectivity index (χ1) is 8.65. The van der Waals surface area contributed by atoms with Crippen LogP contribution in [0.25, 0.3) is 0 Å². The second-order valence-electron chi connectivity index (χ2n) is 6.28. The molecule has 2 heteroatoms. The van der Waals surface area contributed by atoms with Crippen LogP contribution in [-0.4, -0.2) is 16.7 Å². The third kappa shape index (κ3) is 3.17. The number of rotatable bonds is 6. The molecule has 0 spiro atoms. The van der Waals surface area contributed by atoms with Gasteiger partial charge < -0.3 is 9.88 Å². The molecule has 0 aliphatic carbocycles. The molecule has 1 saturated heterocycles. The van der Waals surface area contributed by atoms with E-state index in [1.54, 1.807) is 0 Å². The maximum Gasteiger partial charge on any atom is 0.0239 e. The third-order valence-corrected chi connectivity index (χ3v) is 4.04. The maximum atomic E-state index is 3.80. The van der Waals surface area contributed by atoms with Crippen LogP contribution in [0.5, 0.6) is 0 Å². The van der Waals surface area contributed by atoms with E-state index < -0.39 is 0 Å². The first kappa shape index (κ1) is 13.7. The zero-order valence-corrected chi connectivity index (χ0v) is 12.2. The van der Waals surface area contributed by atoms with Gasteiger partial charge in [-0.25, -0.2) is 0 Å². The predicted octanol–water partition coefficient (Wildman–Crippen LogP) is 3.61. The van der Waals surface area contributed by atoms with Gasteiger partial charge in [-0.05, 0) is 50.3 Å². The number of nitrogens with one attached hydrogen (secondary N) is 1. The summed E-state index contributed by atoms with van der Waals surface area (Å²) >= 11 is 0. The Kier molecular flexibility index (Phi) is 4.50. The maximum absolute atomic E-state index is 3.80. The topological polar surface area (TPSA) is 17.0 Å². The zero-order chi connectivity index (χ0) is 13.0. The van der Waals surface area contributed by atoms with Crippen LogP contribution in [0, 0.1) is 5.92 Å². The highest BCUT2D eigenvalue weighted by atomic mass is 15.0. The normalized spacial score (nSPS) is 24.0. The van der Waals surface area contributed by atoms with Crippen molar-refractivity contribution in [2.75, 3.05) is 6.54 Å². The van der Waals surface area contributed by atoms with Gasteiger partial charge in [-0.1, -0.05) is 20.8 Å². The highest BCUT2D eigenvalue weighted by Gasteiger charge is 2.34. The van der Waals surface area contributed by atoms with E-state index in [4.69, 9.17) is 0 Å². The zero-order valence-electron chi connectivity index (χ0n) is 12.2. The molecule has 2 heterocycles. The van der Waals surface area contributed by atoms with Crippen molar-refractivity contribution in [3.8, 4) is 0 Å². The molecule has 0 radical (unpaired) electrons. The van der Waals surface area contributed by atoms with Crippen LogP contribution in [0.4, 0.5) is 0 Å². The average Bonchev–Trinajstić information content (AvgIpc) is 2.90. The van der Waals surface area contributed by atoms with Gasteiger partial charge in [-0.3, -0.25) is 0 Å². The van der Waals surface area contributed by atoms with Crippen molar-refractivity contribution < 1.29 is 0 Å². The van der Waals surface area contributed by atoms with E-state index in [1.165, 1.54) is 44.3 Å². The molecule has 1 aromatic heterocycles. The molecule has 0 amide bonds. The standard InChI is InChI=1S/C16H28N2/c1-4-10-18-11-5-7-15(18)13-16(12-14(2)3)8-6-9-17-16/h5,7,11,14,17H,4,6,8-10,12-13H2,1-3H3. The molecule has 0 saturated carbocycles. The van der Waals surface area contributed by atoms with E-state index in [1.807, 2.05) is 0 Å². The number of hydrogen-bond acceptors (Lipinski definition) is 1. The van der Waals surface area contributed by atoms with E-state index in [9.17, 15) is 0 Å². The van der Waals surface area contributed by atoms with Crippen LogP contribution in [0.1, 0.15) is 52.1 Å². The summed E-state index contributed by atoms with van der Waals surface area (Å²) in [5.74, 6) is 0.769. The molecule has 0 bridgehead atoms. The fraction of sp³-hybridized carbons (Fsp3) is 0.750. The highest BCUT2D eigenvalue weighted by Crippen LogP contribution is 2.30. The molecule has 1 aromatic rings. The van der Waals surface area contributed by atoms with Crippen LogP contribution in [0.2, 0.25) is 0 Å². The van der Waals surface area contributed by atoms with Gasteiger partial charge >= 0.3 is 0 Å². The molecule has 1 aliphatic heterocycles. The largest absolute Gasteiger partial charge is 0.351 e. The molecule has 1 aliphatic rings. The summed E-state index contributed by atoms with van der Waals surface area (Å²) < 4.78 is 2.43. The second kappa shape index (κ2) is 5.92. The number of aromatic nitrogens is 1. The van der Waals surface area contributed by atoms with E-state index in [0.29, 0.717) is 5.54 Å². The Morgan fingerprint density at radius 2 is 2.28 bits per heavy atom. The minimum Gasteiger partial charge on any atom is -0.351 e. The Morgan fingerprint density at radius 1 is 1.44 bits per heavy atom. The Balaban J connectivity index is 2.10. The molecule has 0 aromatic carbocycles. The predicted molar refractivity (Wildman–Crippen MR) is 77.8 cm³/mol. The molecule has 1 fully saturated rings. The van der Waals surface area contributed by atoms with Gasteiger partial charge in [-0.15, -0.1) is 0 Å². The molecular formula is C16H28N2. The van der Waals surface area contributed by atoms with E-state index >= 15 is 0 Å². The third-order valence-electron chi connectivity index (χ3n) is 4.04. The lowest BCUT2D eigenvalue weighted by Gasteiger charge is -2.32. The van der Waals surface area contributed by atoms with Crippen molar-refractivity contribution in [1.29, 1.82) is 0 Å². The summed E-state index contributed by atoms with van der Waals surface area (Å²) in [7, 11) is 0. The van der Waals surface area contributed by atoms with Crippen LogP contribution < -0.4 is 5.32 Å². The molecule has 2 rings (SSSR count). The van der Waals surface area contributed by atoms with Crippen LogP contribution in [-0.2, 0) is 13.0 Å². The average molecular weight is 248 g/mol. The van der Waals surface area contributed by atoms with Gasteiger partial charge in [0.15, 0.2) is 0 Å². The monoisotopic (exact) mass is 248 g/mol. The van der Waals surface area contributed by atoms with Crippen molar-refractivity contribution in [3.63, 3.8) is 0 Å². The minimum absolute atomic E-state index is 0.359. The van der Waals surface area contributed by atoms with Crippen molar-refractivity contribution in [2.24, 2.45) is 5.92 Å². The van der Waals surface area contributed by atoms with Crippen molar-refractivity contribution >= 4 is 0 Å². The van der Waals surface area contributed by atoms with Gasteiger partial charge in [0.05, 0.1) is 0 Å². The smallest absolute Gasteiger partial charge is 0.0239 e. The Hall–Kier alpha value is -0.760. The van der Waals surface area contributed by atoms with Crippen LogP contribution >= 0.6 is 0 Å². The molecule has 1 unspecified atom stereocenters. The summed E-state index contributed by atoms with van der Waals surface area (Å²) in [6.45, 7) is 9.28. The number of aryl methyl sites for hydroxylation is 1.